The molecular weight excluding hydrogens is 222 g/mol. The quantitative estimate of drug-likeness (QED) is 0.763. The van der Waals surface area contributed by atoms with Gasteiger partial charge in [0, 0.05) is 18.6 Å². The van der Waals surface area contributed by atoms with Gasteiger partial charge in [-0.15, -0.1) is 0 Å². The molecule has 1 amide bonds. The number of rotatable bonds is 5. The maximum atomic E-state index is 12.0. The van der Waals surface area contributed by atoms with Crippen LogP contribution in [-0.4, -0.2) is 34.7 Å². The zero-order valence-corrected chi connectivity index (χ0v) is 10.7. The van der Waals surface area contributed by atoms with Crippen LogP contribution >= 0.6 is 0 Å². The summed E-state index contributed by atoms with van der Waals surface area (Å²) in [4.78, 5) is 22.6. The Hall–Kier alpha value is -1.10. The number of nitrogens with one attached hydrogen (secondary N) is 1. The molecule has 1 aliphatic rings. The van der Waals surface area contributed by atoms with Crippen molar-refractivity contribution in [3.63, 3.8) is 0 Å². The van der Waals surface area contributed by atoms with Gasteiger partial charge < -0.3 is 15.2 Å². The van der Waals surface area contributed by atoms with Crippen molar-refractivity contribution in [1.29, 1.82) is 0 Å². The van der Waals surface area contributed by atoms with E-state index in [4.69, 9.17) is 9.84 Å². The predicted molar refractivity (Wildman–Crippen MR) is 62.7 cm³/mol. The van der Waals surface area contributed by atoms with Crippen LogP contribution in [0.1, 0.15) is 46.5 Å². The van der Waals surface area contributed by atoms with Gasteiger partial charge in [-0.1, -0.05) is 0 Å². The van der Waals surface area contributed by atoms with E-state index in [2.05, 4.69) is 5.32 Å². The fourth-order valence-corrected chi connectivity index (χ4v) is 1.88. The van der Waals surface area contributed by atoms with E-state index in [1.165, 1.54) is 0 Å². The van der Waals surface area contributed by atoms with Gasteiger partial charge in [0.2, 0.25) is 0 Å². The summed E-state index contributed by atoms with van der Waals surface area (Å²) in [5.41, 5.74) is -1.27. The summed E-state index contributed by atoms with van der Waals surface area (Å²) in [7, 11) is 0. The van der Waals surface area contributed by atoms with Gasteiger partial charge >= 0.3 is 5.97 Å². The number of ether oxygens (including phenoxy) is 1. The molecule has 1 fully saturated rings. The Labute approximate surface area is 102 Å². The van der Waals surface area contributed by atoms with Crippen LogP contribution in [0, 0.1) is 0 Å². The Kier molecular flexibility index (Phi) is 4.14. The Morgan fingerprint density at radius 1 is 1.47 bits per heavy atom. The molecule has 0 radical (unpaired) electrons. The van der Waals surface area contributed by atoms with E-state index in [-0.39, 0.29) is 12.3 Å². The minimum absolute atomic E-state index is 0.0465. The van der Waals surface area contributed by atoms with Gasteiger partial charge in [-0.3, -0.25) is 9.59 Å². The third kappa shape index (κ3) is 4.00. The zero-order chi connectivity index (χ0) is 13.1. The van der Waals surface area contributed by atoms with Gasteiger partial charge in [0.15, 0.2) is 0 Å². The third-order valence-electron chi connectivity index (χ3n) is 3.11. The summed E-state index contributed by atoms with van der Waals surface area (Å²) in [6, 6.07) is 0. The zero-order valence-electron chi connectivity index (χ0n) is 10.7. The van der Waals surface area contributed by atoms with Crippen LogP contribution in [-0.2, 0) is 14.3 Å². The lowest BCUT2D eigenvalue weighted by molar-refractivity contribution is -0.142. The smallest absolute Gasteiger partial charge is 0.303 e. The summed E-state index contributed by atoms with van der Waals surface area (Å²) < 4.78 is 5.45. The molecule has 2 N–H and O–H groups in total. The Morgan fingerprint density at radius 2 is 2.12 bits per heavy atom. The highest BCUT2D eigenvalue weighted by Crippen LogP contribution is 2.26. The number of carbonyl (C=O) groups excluding carboxylic acids is 1. The van der Waals surface area contributed by atoms with Gasteiger partial charge in [-0.2, -0.15) is 0 Å². The first-order valence-electron chi connectivity index (χ1n) is 5.94. The second-order valence-electron chi connectivity index (χ2n) is 5.41. The number of hydrogen-bond acceptors (Lipinski definition) is 3. The van der Waals surface area contributed by atoms with Crippen LogP contribution < -0.4 is 5.32 Å². The minimum Gasteiger partial charge on any atom is -0.481 e. The highest BCUT2D eigenvalue weighted by molar-refractivity contribution is 5.85. The second kappa shape index (κ2) is 5.04. The summed E-state index contributed by atoms with van der Waals surface area (Å²) in [6.45, 7) is 6.04. The molecular formula is C12H21NO4. The number of carbonyl (C=O) groups is 2. The van der Waals surface area contributed by atoms with Crippen LogP contribution in [0.4, 0.5) is 0 Å². The fourth-order valence-electron chi connectivity index (χ4n) is 1.88. The molecule has 17 heavy (non-hydrogen) atoms. The highest BCUT2D eigenvalue weighted by atomic mass is 16.5. The fraction of sp³-hybridized carbons (Fsp3) is 0.833. The molecule has 1 rings (SSSR count). The van der Waals surface area contributed by atoms with Crippen molar-refractivity contribution in [2.75, 3.05) is 6.61 Å². The van der Waals surface area contributed by atoms with Crippen molar-refractivity contribution in [2.24, 2.45) is 0 Å². The van der Waals surface area contributed by atoms with Crippen LogP contribution in [0.5, 0.6) is 0 Å². The molecule has 0 saturated carbocycles. The molecule has 5 heteroatoms. The largest absolute Gasteiger partial charge is 0.481 e. The SMILES string of the molecule is CC(C)(CCC(=O)O)NC(=O)C1(C)CCCO1. The van der Waals surface area contributed by atoms with E-state index in [9.17, 15) is 9.59 Å². The average Bonchev–Trinajstić information content (AvgIpc) is 2.63. The maximum absolute atomic E-state index is 12.0. The lowest BCUT2D eigenvalue weighted by Gasteiger charge is -2.31. The molecule has 0 aliphatic carbocycles. The summed E-state index contributed by atoms with van der Waals surface area (Å²) >= 11 is 0. The van der Waals surface area contributed by atoms with Crippen LogP contribution in [0.15, 0.2) is 0 Å². The molecule has 0 aromatic rings. The number of amides is 1. The van der Waals surface area contributed by atoms with Crippen molar-refractivity contribution in [3.05, 3.63) is 0 Å². The monoisotopic (exact) mass is 243 g/mol. The van der Waals surface area contributed by atoms with Crippen molar-refractivity contribution >= 4 is 11.9 Å². The number of carboxylic acid groups (broad SMARTS) is 1. The minimum atomic E-state index is -0.851. The normalized spacial score (nSPS) is 24.6. The number of aliphatic carboxylic acids is 1. The summed E-state index contributed by atoms with van der Waals surface area (Å²) in [5.74, 6) is -0.999. The molecule has 1 atom stereocenters. The predicted octanol–water partition coefficient (Wildman–Crippen LogP) is 1.32. The number of hydrogen-bond donors (Lipinski definition) is 2. The first kappa shape index (κ1) is 14.0. The standard InChI is InChI=1S/C12H21NO4/c1-11(2,7-5-9(14)15)13-10(16)12(3)6-4-8-17-12/h4-8H2,1-3H3,(H,13,16)(H,14,15). The molecule has 0 spiro atoms. The van der Waals surface area contributed by atoms with Crippen molar-refractivity contribution < 1.29 is 19.4 Å². The number of carboxylic acids is 1. The molecule has 98 valence electrons. The van der Waals surface area contributed by atoms with E-state index in [1.807, 2.05) is 13.8 Å². The van der Waals surface area contributed by atoms with E-state index in [1.54, 1.807) is 6.92 Å². The molecule has 0 aromatic carbocycles. The lowest BCUT2D eigenvalue weighted by Crippen LogP contribution is -2.52. The molecule has 0 aromatic heterocycles. The lowest BCUT2D eigenvalue weighted by atomic mass is 9.95. The molecule has 1 heterocycles. The van der Waals surface area contributed by atoms with Gasteiger partial charge in [0.1, 0.15) is 5.60 Å². The first-order chi connectivity index (χ1) is 7.75. The van der Waals surface area contributed by atoms with Crippen molar-refractivity contribution in [1.82, 2.24) is 5.32 Å². The van der Waals surface area contributed by atoms with Crippen LogP contribution in [0.25, 0.3) is 0 Å². The van der Waals surface area contributed by atoms with E-state index >= 15 is 0 Å². The summed E-state index contributed by atoms with van der Waals surface area (Å²) in [6.07, 6.45) is 2.06. The van der Waals surface area contributed by atoms with E-state index < -0.39 is 17.1 Å². The first-order valence-corrected chi connectivity index (χ1v) is 5.94. The van der Waals surface area contributed by atoms with Crippen molar-refractivity contribution in [3.8, 4) is 0 Å². The Bertz CT molecular complexity index is 306. The highest BCUT2D eigenvalue weighted by Gasteiger charge is 2.39. The Morgan fingerprint density at radius 3 is 2.59 bits per heavy atom. The van der Waals surface area contributed by atoms with Gasteiger partial charge in [-0.05, 0) is 40.0 Å². The van der Waals surface area contributed by atoms with Crippen LogP contribution in [0.2, 0.25) is 0 Å². The van der Waals surface area contributed by atoms with Crippen LogP contribution in [0.3, 0.4) is 0 Å². The maximum Gasteiger partial charge on any atom is 0.303 e. The summed E-state index contributed by atoms with van der Waals surface area (Å²) in [5, 5.41) is 11.5. The Balaban J connectivity index is 2.51. The third-order valence-corrected chi connectivity index (χ3v) is 3.11. The molecule has 5 nitrogen and oxygen atoms in total. The molecule has 1 aliphatic heterocycles. The average molecular weight is 243 g/mol. The second-order valence-corrected chi connectivity index (χ2v) is 5.41. The van der Waals surface area contributed by atoms with Gasteiger partial charge in [0.05, 0.1) is 0 Å². The molecule has 1 saturated heterocycles. The van der Waals surface area contributed by atoms with Crippen molar-refractivity contribution in [2.45, 2.75) is 57.6 Å². The molecule has 1 unspecified atom stereocenters. The molecule has 0 bridgehead atoms. The van der Waals surface area contributed by atoms with Gasteiger partial charge in [-0.25, -0.2) is 0 Å². The van der Waals surface area contributed by atoms with E-state index in [0.29, 0.717) is 19.4 Å². The van der Waals surface area contributed by atoms with Gasteiger partial charge in [0.25, 0.3) is 5.91 Å². The van der Waals surface area contributed by atoms with E-state index in [0.717, 1.165) is 6.42 Å². The topological polar surface area (TPSA) is 75.6 Å².